The summed E-state index contributed by atoms with van der Waals surface area (Å²) in [5, 5.41) is 8.82. The van der Waals surface area contributed by atoms with Crippen LogP contribution in [0.4, 0.5) is 11.4 Å². The van der Waals surface area contributed by atoms with Gasteiger partial charge >= 0.3 is 0 Å². The number of nitrogen functional groups attached to an aromatic ring is 1. The van der Waals surface area contributed by atoms with Gasteiger partial charge < -0.3 is 10.6 Å². The molecular weight excluding hydrogens is 258 g/mol. The van der Waals surface area contributed by atoms with E-state index in [0.29, 0.717) is 12.1 Å². The lowest BCUT2D eigenvalue weighted by Crippen LogP contribution is -2.19. The van der Waals surface area contributed by atoms with Crippen molar-refractivity contribution in [2.24, 2.45) is 0 Å². The Morgan fingerprint density at radius 2 is 1.90 bits per heavy atom. The molecule has 0 saturated carbocycles. The summed E-state index contributed by atoms with van der Waals surface area (Å²) >= 11 is 0. The molecule has 0 fully saturated rings. The fourth-order valence-electron chi connectivity index (χ4n) is 2.36. The second kappa shape index (κ2) is 7.35. The van der Waals surface area contributed by atoms with Crippen LogP contribution in [0.25, 0.3) is 0 Å². The van der Waals surface area contributed by atoms with E-state index < -0.39 is 0 Å². The van der Waals surface area contributed by atoms with E-state index in [1.165, 1.54) is 5.56 Å². The van der Waals surface area contributed by atoms with Gasteiger partial charge in [-0.1, -0.05) is 30.3 Å². The van der Waals surface area contributed by atoms with E-state index in [4.69, 9.17) is 11.0 Å². The fraction of sp³-hybridized carbons (Fsp3) is 0.278. The van der Waals surface area contributed by atoms with Crippen LogP contribution in [-0.4, -0.2) is 13.6 Å². The lowest BCUT2D eigenvalue weighted by Gasteiger charge is -2.20. The number of aryl methyl sites for hydroxylation is 1. The minimum Gasteiger partial charge on any atom is -0.398 e. The van der Waals surface area contributed by atoms with Gasteiger partial charge in [-0.3, -0.25) is 0 Å². The Morgan fingerprint density at radius 3 is 2.62 bits per heavy atom. The first-order valence-electron chi connectivity index (χ1n) is 7.21. The minimum absolute atomic E-state index is 0.359. The second-order valence-electron chi connectivity index (χ2n) is 5.23. The van der Waals surface area contributed by atoms with Crippen LogP contribution in [0.5, 0.6) is 0 Å². The highest BCUT2D eigenvalue weighted by Gasteiger charge is 2.05. The van der Waals surface area contributed by atoms with E-state index in [1.54, 1.807) is 0 Å². The van der Waals surface area contributed by atoms with E-state index in [1.807, 2.05) is 24.3 Å². The van der Waals surface area contributed by atoms with Crippen LogP contribution >= 0.6 is 0 Å². The molecule has 0 aliphatic heterocycles. The number of nitrogens with two attached hydrogens (primary N) is 1. The highest BCUT2D eigenvalue weighted by molar-refractivity contribution is 5.58. The Morgan fingerprint density at radius 1 is 1.14 bits per heavy atom. The summed E-state index contributed by atoms with van der Waals surface area (Å²) in [5.41, 5.74) is 9.96. The molecular formula is C18H21N3. The van der Waals surface area contributed by atoms with Crippen LogP contribution < -0.4 is 10.6 Å². The van der Waals surface area contributed by atoms with Crippen molar-refractivity contribution in [3.63, 3.8) is 0 Å². The summed E-state index contributed by atoms with van der Waals surface area (Å²) in [6.45, 7) is 0.977. The van der Waals surface area contributed by atoms with Crippen molar-refractivity contribution in [2.75, 3.05) is 24.2 Å². The van der Waals surface area contributed by atoms with Gasteiger partial charge in [-0.2, -0.15) is 5.26 Å². The molecule has 2 aromatic rings. The lowest BCUT2D eigenvalue weighted by atomic mass is 10.1. The van der Waals surface area contributed by atoms with Crippen molar-refractivity contribution >= 4 is 11.4 Å². The van der Waals surface area contributed by atoms with Crippen molar-refractivity contribution < 1.29 is 0 Å². The highest BCUT2D eigenvalue weighted by Crippen LogP contribution is 2.21. The molecule has 0 aliphatic rings. The van der Waals surface area contributed by atoms with Gasteiger partial charge in [0.2, 0.25) is 0 Å². The number of anilines is 2. The lowest BCUT2D eigenvalue weighted by molar-refractivity contribution is 0.785. The molecule has 3 heteroatoms. The van der Waals surface area contributed by atoms with Crippen LogP contribution in [0, 0.1) is 11.3 Å². The molecule has 0 aliphatic carbocycles. The molecule has 0 radical (unpaired) electrons. The normalized spacial score (nSPS) is 10.1. The fourth-order valence-corrected chi connectivity index (χ4v) is 2.36. The largest absolute Gasteiger partial charge is 0.398 e. The van der Waals surface area contributed by atoms with E-state index in [0.717, 1.165) is 30.6 Å². The Hall–Kier alpha value is -2.47. The van der Waals surface area contributed by atoms with Crippen LogP contribution in [0.3, 0.4) is 0 Å². The summed E-state index contributed by atoms with van der Waals surface area (Å²) in [4.78, 5) is 2.21. The van der Waals surface area contributed by atoms with Crippen molar-refractivity contribution in [1.82, 2.24) is 0 Å². The summed E-state index contributed by atoms with van der Waals surface area (Å²) in [7, 11) is 2.08. The van der Waals surface area contributed by atoms with Gasteiger partial charge in [0.25, 0.3) is 0 Å². The van der Waals surface area contributed by atoms with Gasteiger partial charge in [-0.05, 0) is 42.2 Å². The number of nitriles is 1. The molecule has 0 unspecified atom stereocenters. The number of benzene rings is 2. The van der Waals surface area contributed by atoms with Crippen molar-refractivity contribution in [2.45, 2.75) is 19.3 Å². The standard InChI is InChI=1S/C18H21N3/c1-21(13-5-8-15-6-3-2-4-7-15)17-9-10-18(20)16(14-17)11-12-19/h2-4,6-7,9-10,14H,5,8,11,13,20H2,1H3. The Kier molecular flexibility index (Phi) is 5.22. The third-order valence-corrected chi connectivity index (χ3v) is 3.64. The third-order valence-electron chi connectivity index (χ3n) is 3.64. The maximum absolute atomic E-state index is 8.82. The Bertz CT molecular complexity index is 614. The Balaban J connectivity index is 1.93. The van der Waals surface area contributed by atoms with Crippen LogP contribution in [0.1, 0.15) is 17.5 Å². The molecule has 0 spiro atoms. The maximum atomic E-state index is 8.82. The smallest absolute Gasteiger partial charge is 0.0670 e. The summed E-state index contributed by atoms with van der Waals surface area (Å²) in [6.07, 6.45) is 2.53. The zero-order chi connectivity index (χ0) is 15.1. The van der Waals surface area contributed by atoms with Gasteiger partial charge in [0.1, 0.15) is 0 Å². The third kappa shape index (κ3) is 4.25. The summed E-state index contributed by atoms with van der Waals surface area (Å²) < 4.78 is 0. The summed E-state index contributed by atoms with van der Waals surface area (Å²) in [5.74, 6) is 0. The van der Waals surface area contributed by atoms with Gasteiger partial charge in [0.15, 0.2) is 0 Å². The first kappa shape index (κ1) is 14.9. The molecule has 0 atom stereocenters. The molecule has 108 valence electrons. The molecule has 0 saturated heterocycles. The Labute approximate surface area is 126 Å². The van der Waals surface area contributed by atoms with Crippen LogP contribution in [0.15, 0.2) is 48.5 Å². The van der Waals surface area contributed by atoms with E-state index in [9.17, 15) is 0 Å². The topological polar surface area (TPSA) is 53.0 Å². The van der Waals surface area contributed by atoms with E-state index in [-0.39, 0.29) is 0 Å². The number of hydrogen-bond acceptors (Lipinski definition) is 3. The first-order chi connectivity index (χ1) is 10.2. The molecule has 3 nitrogen and oxygen atoms in total. The quantitative estimate of drug-likeness (QED) is 0.824. The first-order valence-corrected chi connectivity index (χ1v) is 7.21. The van der Waals surface area contributed by atoms with Gasteiger partial charge in [-0.15, -0.1) is 0 Å². The molecule has 0 bridgehead atoms. The summed E-state index contributed by atoms with van der Waals surface area (Å²) in [6, 6.07) is 18.6. The van der Waals surface area contributed by atoms with Gasteiger partial charge in [0, 0.05) is 25.0 Å². The van der Waals surface area contributed by atoms with Gasteiger partial charge in [-0.25, -0.2) is 0 Å². The average Bonchev–Trinajstić information content (AvgIpc) is 2.50. The van der Waals surface area contributed by atoms with Crippen molar-refractivity contribution in [1.29, 1.82) is 5.26 Å². The highest BCUT2D eigenvalue weighted by atomic mass is 15.1. The molecule has 21 heavy (non-hydrogen) atoms. The predicted octanol–water partition coefficient (Wildman–Crippen LogP) is 3.40. The maximum Gasteiger partial charge on any atom is 0.0670 e. The molecule has 0 aromatic heterocycles. The predicted molar refractivity (Wildman–Crippen MR) is 88.2 cm³/mol. The second-order valence-corrected chi connectivity index (χ2v) is 5.23. The monoisotopic (exact) mass is 279 g/mol. The van der Waals surface area contributed by atoms with Crippen molar-refractivity contribution in [3.8, 4) is 6.07 Å². The number of hydrogen-bond donors (Lipinski definition) is 1. The number of rotatable bonds is 6. The number of nitrogens with zero attached hydrogens (tertiary/aromatic N) is 2. The molecule has 2 N–H and O–H groups in total. The molecule has 2 rings (SSSR count). The van der Waals surface area contributed by atoms with Crippen LogP contribution in [-0.2, 0) is 12.8 Å². The van der Waals surface area contributed by atoms with Gasteiger partial charge in [0.05, 0.1) is 12.5 Å². The van der Waals surface area contributed by atoms with Crippen LogP contribution in [0.2, 0.25) is 0 Å². The SMILES string of the molecule is CN(CCCc1ccccc1)c1ccc(N)c(CC#N)c1. The molecule has 2 aromatic carbocycles. The zero-order valence-electron chi connectivity index (χ0n) is 12.4. The average molecular weight is 279 g/mol. The minimum atomic E-state index is 0.359. The van der Waals surface area contributed by atoms with Crippen molar-refractivity contribution in [3.05, 3.63) is 59.7 Å². The molecule has 0 heterocycles. The van der Waals surface area contributed by atoms with E-state index in [2.05, 4.69) is 42.3 Å². The van der Waals surface area contributed by atoms with E-state index >= 15 is 0 Å². The molecule has 0 amide bonds. The zero-order valence-corrected chi connectivity index (χ0v) is 12.4.